The standard InChI is InChI=1S/C21H18BrNO3S/c22-17-8-4-7-15(10-17)20-23-18(13-27-20)12-19(24)11-16(21(25)26)9-14-5-2-1-3-6-14/h1-8,10,13,16H,9,11-12H2,(H,25,26). The van der Waals surface area contributed by atoms with Crippen LogP contribution in [0.4, 0.5) is 0 Å². The number of aliphatic carboxylic acids is 1. The van der Waals surface area contributed by atoms with Crippen molar-refractivity contribution in [3.8, 4) is 10.6 Å². The van der Waals surface area contributed by atoms with Crippen molar-refractivity contribution in [1.82, 2.24) is 4.98 Å². The highest BCUT2D eigenvalue weighted by atomic mass is 79.9. The lowest BCUT2D eigenvalue weighted by molar-refractivity contribution is -0.143. The van der Waals surface area contributed by atoms with Gasteiger partial charge in [0, 0.05) is 28.3 Å². The summed E-state index contributed by atoms with van der Waals surface area (Å²) in [6.07, 6.45) is 0.513. The number of nitrogens with zero attached hydrogens (tertiary/aromatic N) is 1. The van der Waals surface area contributed by atoms with Crippen LogP contribution in [0, 0.1) is 5.92 Å². The van der Waals surface area contributed by atoms with Crippen LogP contribution < -0.4 is 0 Å². The quantitative estimate of drug-likeness (QED) is 0.530. The summed E-state index contributed by atoms with van der Waals surface area (Å²) in [7, 11) is 0. The van der Waals surface area contributed by atoms with Gasteiger partial charge in [0.05, 0.1) is 11.6 Å². The molecule has 0 aliphatic rings. The maximum atomic E-state index is 12.4. The Morgan fingerprint density at radius 2 is 1.89 bits per heavy atom. The fourth-order valence-corrected chi connectivity index (χ4v) is 4.05. The van der Waals surface area contributed by atoms with E-state index in [1.54, 1.807) is 0 Å². The minimum absolute atomic E-state index is 0.00791. The third-order valence-electron chi connectivity index (χ3n) is 4.15. The number of carbonyl (C=O) groups excluding carboxylic acids is 1. The molecule has 6 heteroatoms. The number of halogens is 1. The first-order valence-electron chi connectivity index (χ1n) is 8.50. The van der Waals surface area contributed by atoms with Crippen molar-refractivity contribution < 1.29 is 14.7 Å². The fourth-order valence-electron chi connectivity index (χ4n) is 2.84. The van der Waals surface area contributed by atoms with E-state index in [1.165, 1.54) is 11.3 Å². The van der Waals surface area contributed by atoms with E-state index in [2.05, 4.69) is 20.9 Å². The molecule has 3 rings (SSSR count). The van der Waals surface area contributed by atoms with E-state index in [1.807, 2.05) is 60.0 Å². The lowest BCUT2D eigenvalue weighted by Gasteiger charge is -2.11. The second-order valence-electron chi connectivity index (χ2n) is 6.30. The van der Waals surface area contributed by atoms with Crippen molar-refractivity contribution in [3.05, 3.63) is 75.7 Å². The summed E-state index contributed by atoms with van der Waals surface area (Å²) in [6, 6.07) is 17.2. The Hall–Kier alpha value is -2.31. The molecule has 0 aliphatic heterocycles. The van der Waals surface area contributed by atoms with E-state index in [0.717, 1.165) is 20.6 Å². The molecule has 27 heavy (non-hydrogen) atoms. The highest BCUT2D eigenvalue weighted by Gasteiger charge is 2.22. The molecule has 1 heterocycles. The lowest BCUT2D eigenvalue weighted by atomic mass is 9.93. The Morgan fingerprint density at radius 3 is 2.59 bits per heavy atom. The zero-order valence-corrected chi connectivity index (χ0v) is 16.9. The molecule has 1 atom stereocenters. The Balaban J connectivity index is 1.63. The van der Waals surface area contributed by atoms with Crippen LogP contribution >= 0.6 is 27.3 Å². The zero-order chi connectivity index (χ0) is 19.2. The molecule has 0 saturated heterocycles. The van der Waals surface area contributed by atoms with Crippen molar-refractivity contribution in [2.75, 3.05) is 0 Å². The van der Waals surface area contributed by atoms with Gasteiger partial charge in [-0.25, -0.2) is 4.98 Å². The van der Waals surface area contributed by atoms with Crippen LogP contribution in [0.5, 0.6) is 0 Å². The van der Waals surface area contributed by atoms with Crippen LogP contribution in [-0.2, 0) is 22.4 Å². The molecule has 0 aliphatic carbocycles. The Morgan fingerprint density at radius 1 is 1.11 bits per heavy atom. The van der Waals surface area contributed by atoms with Gasteiger partial charge in [0.1, 0.15) is 10.8 Å². The normalized spacial score (nSPS) is 11.9. The minimum atomic E-state index is -0.944. The smallest absolute Gasteiger partial charge is 0.307 e. The monoisotopic (exact) mass is 443 g/mol. The molecule has 0 radical (unpaired) electrons. The predicted octanol–water partition coefficient (Wildman–Crippen LogP) is 5.02. The first kappa shape index (κ1) is 19.5. The van der Waals surface area contributed by atoms with Gasteiger partial charge < -0.3 is 5.11 Å². The highest BCUT2D eigenvalue weighted by Crippen LogP contribution is 2.26. The Bertz CT molecular complexity index is 939. The number of hydrogen-bond acceptors (Lipinski definition) is 4. The summed E-state index contributed by atoms with van der Waals surface area (Å²) in [6.45, 7) is 0. The van der Waals surface area contributed by atoms with Crippen LogP contribution in [0.3, 0.4) is 0 Å². The van der Waals surface area contributed by atoms with E-state index >= 15 is 0 Å². The molecule has 0 fully saturated rings. The largest absolute Gasteiger partial charge is 0.481 e. The number of benzene rings is 2. The van der Waals surface area contributed by atoms with Gasteiger partial charge in [-0.05, 0) is 24.1 Å². The van der Waals surface area contributed by atoms with E-state index < -0.39 is 11.9 Å². The summed E-state index contributed by atoms with van der Waals surface area (Å²) < 4.78 is 0.970. The summed E-state index contributed by atoms with van der Waals surface area (Å²) >= 11 is 4.92. The van der Waals surface area contributed by atoms with Gasteiger partial charge in [0.15, 0.2) is 0 Å². The first-order valence-corrected chi connectivity index (χ1v) is 10.2. The fraction of sp³-hybridized carbons (Fsp3) is 0.190. The maximum Gasteiger partial charge on any atom is 0.307 e. The van der Waals surface area contributed by atoms with Crippen molar-refractivity contribution in [2.24, 2.45) is 5.92 Å². The van der Waals surface area contributed by atoms with Gasteiger partial charge in [0.25, 0.3) is 0 Å². The highest BCUT2D eigenvalue weighted by molar-refractivity contribution is 9.10. The molecule has 0 amide bonds. The minimum Gasteiger partial charge on any atom is -0.481 e. The van der Waals surface area contributed by atoms with E-state index in [4.69, 9.17) is 0 Å². The SMILES string of the molecule is O=C(Cc1csc(-c2cccc(Br)c2)n1)CC(Cc1ccccc1)C(=O)O. The third kappa shape index (κ3) is 5.58. The Labute approximate surface area is 170 Å². The second kappa shape index (κ2) is 9.06. The summed E-state index contributed by atoms with van der Waals surface area (Å²) in [5.74, 6) is -1.77. The van der Waals surface area contributed by atoms with Crippen LogP contribution in [0.25, 0.3) is 10.6 Å². The molecule has 1 aromatic heterocycles. The van der Waals surface area contributed by atoms with Gasteiger partial charge >= 0.3 is 5.97 Å². The third-order valence-corrected chi connectivity index (χ3v) is 5.58. The average molecular weight is 444 g/mol. The molecule has 1 N–H and O–H groups in total. The first-order chi connectivity index (χ1) is 13.0. The van der Waals surface area contributed by atoms with Crippen LogP contribution in [0.2, 0.25) is 0 Å². The second-order valence-corrected chi connectivity index (χ2v) is 8.07. The number of aromatic nitrogens is 1. The van der Waals surface area contributed by atoms with E-state index in [0.29, 0.717) is 12.1 Å². The topological polar surface area (TPSA) is 67.3 Å². The molecule has 1 unspecified atom stereocenters. The molecule has 3 aromatic rings. The summed E-state index contributed by atoms with van der Waals surface area (Å²) in [4.78, 5) is 28.5. The molecular weight excluding hydrogens is 426 g/mol. The van der Waals surface area contributed by atoms with Crippen LogP contribution in [0.1, 0.15) is 17.7 Å². The van der Waals surface area contributed by atoms with Gasteiger partial charge in [-0.2, -0.15) is 0 Å². The van der Waals surface area contributed by atoms with E-state index in [-0.39, 0.29) is 18.6 Å². The number of thiazole rings is 1. The van der Waals surface area contributed by atoms with Crippen molar-refractivity contribution in [2.45, 2.75) is 19.3 Å². The van der Waals surface area contributed by atoms with Crippen molar-refractivity contribution >= 4 is 39.0 Å². The Kier molecular flexibility index (Phi) is 6.53. The molecule has 0 bridgehead atoms. The number of hydrogen-bond donors (Lipinski definition) is 1. The molecule has 2 aromatic carbocycles. The molecule has 4 nitrogen and oxygen atoms in total. The lowest BCUT2D eigenvalue weighted by Crippen LogP contribution is -2.21. The summed E-state index contributed by atoms with van der Waals surface area (Å²) in [5.41, 5.74) is 2.59. The maximum absolute atomic E-state index is 12.4. The predicted molar refractivity (Wildman–Crippen MR) is 110 cm³/mol. The number of carboxylic acid groups (broad SMARTS) is 1. The summed E-state index contributed by atoms with van der Waals surface area (Å²) in [5, 5.41) is 12.2. The molecule has 0 saturated carbocycles. The van der Waals surface area contributed by atoms with E-state index in [9.17, 15) is 14.7 Å². The molecule has 138 valence electrons. The zero-order valence-electron chi connectivity index (χ0n) is 14.5. The molecule has 0 spiro atoms. The van der Waals surface area contributed by atoms with Gasteiger partial charge in [0.2, 0.25) is 0 Å². The van der Waals surface area contributed by atoms with Gasteiger partial charge in [-0.3, -0.25) is 9.59 Å². The number of Topliss-reactive ketones (excluding diaryl/α,β-unsaturated/α-hetero) is 1. The number of rotatable bonds is 8. The van der Waals surface area contributed by atoms with Crippen LogP contribution in [-0.4, -0.2) is 21.8 Å². The number of carboxylic acids is 1. The van der Waals surface area contributed by atoms with Gasteiger partial charge in [-0.15, -0.1) is 11.3 Å². The molecular formula is C21H18BrNO3S. The van der Waals surface area contributed by atoms with Crippen molar-refractivity contribution in [1.29, 1.82) is 0 Å². The van der Waals surface area contributed by atoms with Gasteiger partial charge in [-0.1, -0.05) is 58.4 Å². The number of ketones is 1. The van der Waals surface area contributed by atoms with Crippen LogP contribution in [0.15, 0.2) is 64.5 Å². The number of carbonyl (C=O) groups is 2. The average Bonchev–Trinajstić information content (AvgIpc) is 3.10. The van der Waals surface area contributed by atoms with Crippen molar-refractivity contribution in [3.63, 3.8) is 0 Å².